The predicted octanol–water partition coefficient (Wildman–Crippen LogP) is 4.77. The predicted molar refractivity (Wildman–Crippen MR) is 91.1 cm³/mol. The monoisotopic (exact) mass is 394 g/mol. The fraction of sp³-hybridized carbons (Fsp3) is 0.0556. The van der Waals surface area contributed by atoms with E-state index in [0.717, 1.165) is 24.3 Å². The molecular weight excluding hydrogens is 383 g/mol. The molecule has 0 spiro atoms. The van der Waals surface area contributed by atoms with Gasteiger partial charge in [-0.25, -0.2) is 18.7 Å². The number of aromatic nitrogens is 2. The highest BCUT2D eigenvalue weighted by atomic mass is 19.4. The van der Waals surface area contributed by atoms with Crippen LogP contribution in [0.4, 0.5) is 39.3 Å². The van der Waals surface area contributed by atoms with Gasteiger partial charge in [0.1, 0.15) is 5.69 Å². The third-order valence-electron chi connectivity index (χ3n) is 3.54. The van der Waals surface area contributed by atoms with Crippen molar-refractivity contribution in [2.24, 2.45) is 0 Å². The number of para-hydroxylation sites is 1. The lowest BCUT2D eigenvalue weighted by Crippen LogP contribution is -2.15. The SMILES string of the molecule is O=C(Nc1ccc(F)c(F)c1)c1ccnc(Nc2ccccc2C(F)(F)F)n1. The third-order valence-corrected chi connectivity index (χ3v) is 3.54. The third kappa shape index (κ3) is 4.40. The first-order chi connectivity index (χ1) is 13.2. The number of benzene rings is 2. The molecule has 1 aromatic heterocycles. The fourth-order valence-corrected chi connectivity index (χ4v) is 2.27. The summed E-state index contributed by atoms with van der Waals surface area (Å²) in [5.74, 6) is -3.24. The molecule has 0 bridgehead atoms. The minimum Gasteiger partial charge on any atom is -0.324 e. The van der Waals surface area contributed by atoms with Crippen LogP contribution in [0.5, 0.6) is 0 Å². The van der Waals surface area contributed by atoms with Crippen molar-refractivity contribution in [2.45, 2.75) is 6.18 Å². The minimum absolute atomic E-state index is 0.0144. The van der Waals surface area contributed by atoms with Crippen LogP contribution in [0.15, 0.2) is 54.7 Å². The summed E-state index contributed by atoms with van der Waals surface area (Å²) in [6.07, 6.45) is -3.42. The number of carbonyl (C=O) groups is 1. The lowest BCUT2D eigenvalue weighted by Gasteiger charge is -2.13. The number of rotatable bonds is 4. The van der Waals surface area contributed by atoms with Gasteiger partial charge in [0.05, 0.1) is 11.3 Å². The molecule has 2 aromatic carbocycles. The molecule has 10 heteroatoms. The topological polar surface area (TPSA) is 66.9 Å². The lowest BCUT2D eigenvalue weighted by atomic mass is 10.1. The molecular formula is C18H11F5N4O. The minimum atomic E-state index is -4.59. The zero-order valence-electron chi connectivity index (χ0n) is 13.9. The highest BCUT2D eigenvalue weighted by Gasteiger charge is 2.33. The van der Waals surface area contributed by atoms with Gasteiger partial charge in [0.25, 0.3) is 5.91 Å². The fourth-order valence-electron chi connectivity index (χ4n) is 2.27. The van der Waals surface area contributed by atoms with E-state index in [1.165, 1.54) is 30.5 Å². The summed E-state index contributed by atoms with van der Waals surface area (Å²) in [7, 11) is 0. The molecule has 2 N–H and O–H groups in total. The molecule has 0 saturated heterocycles. The smallest absolute Gasteiger partial charge is 0.324 e. The summed E-state index contributed by atoms with van der Waals surface area (Å²) in [6, 6.07) is 8.71. The summed E-state index contributed by atoms with van der Waals surface area (Å²) >= 11 is 0. The Balaban J connectivity index is 1.81. The average Bonchev–Trinajstić information content (AvgIpc) is 2.64. The number of anilines is 3. The maximum absolute atomic E-state index is 13.2. The van der Waals surface area contributed by atoms with Crippen LogP contribution in [0.25, 0.3) is 0 Å². The lowest BCUT2D eigenvalue weighted by molar-refractivity contribution is -0.136. The number of nitrogens with zero attached hydrogens (tertiary/aromatic N) is 2. The summed E-state index contributed by atoms with van der Waals surface area (Å²) in [4.78, 5) is 19.9. The second-order valence-corrected chi connectivity index (χ2v) is 5.52. The molecule has 0 aliphatic heterocycles. The van der Waals surface area contributed by atoms with Crippen LogP contribution in [0.3, 0.4) is 0 Å². The van der Waals surface area contributed by atoms with Crippen molar-refractivity contribution in [3.63, 3.8) is 0 Å². The first-order valence-electron chi connectivity index (χ1n) is 7.77. The second kappa shape index (κ2) is 7.59. The van der Waals surface area contributed by atoms with Crippen LogP contribution in [-0.2, 0) is 6.18 Å². The molecule has 0 unspecified atom stereocenters. The van der Waals surface area contributed by atoms with Crippen LogP contribution < -0.4 is 10.6 Å². The molecule has 1 amide bonds. The Morgan fingerprint density at radius 1 is 0.964 bits per heavy atom. The number of amides is 1. The van der Waals surface area contributed by atoms with Crippen molar-refractivity contribution in [3.8, 4) is 0 Å². The van der Waals surface area contributed by atoms with Crippen LogP contribution in [0.1, 0.15) is 16.1 Å². The van der Waals surface area contributed by atoms with Crippen LogP contribution in [-0.4, -0.2) is 15.9 Å². The van der Waals surface area contributed by atoms with E-state index in [-0.39, 0.29) is 23.0 Å². The van der Waals surface area contributed by atoms with Crippen molar-refractivity contribution in [1.82, 2.24) is 9.97 Å². The Morgan fingerprint density at radius 2 is 1.71 bits per heavy atom. The van der Waals surface area contributed by atoms with Crippen LogP contribution in [0, 0.1) is 11.6 Å². The number of halogens is 5. The van der Waals surface area contributed by atoms with Crippen LogP contribution >= 0.6 is 0 Å². The van der Waals surface area contributed by atoms with Gasteiger partial charge in [-0.3, -0.25) is 4.79 Å². The van der Waals surface area contributed by atoms with Crippen LogP contribution in [0.2, 0.25) is 0 Å². The molecule has 3 rings (SSSR count). The molecule has 144 valence electrons. The average molecular weight is 394 g/mol. The Hall–Kier alpha value is -3.56. The van der Waals surface area contributed by atoms with Crippen molar-refractivity contribution < 1.29 is 26.7 Å². The zero-order chi connectivity index (χ0) is 20.3. The first kappa shape index (κ1) is 19.2. The molecule has 0 aliphatic rings. The molecule has 0 radical (unpaired) electrons. The maximum atomic E-state index is 13.2. The van der Waals surface area contributed by atoms with Gasteiger partial charge in [-0.1, -0.05) is 12.1 Å². The summed E-state index contributed by atoms with van der Waals surface area (Å²) in [5, 5.41) is 4.73. The van der Waals surface area contributed by atoms with Crippen molar-refractivity contribution in [1.29, 1.82) is 0 Å². The van der Waals surface area contributed by atoms with E-state index in [9.17, 15) is 26.7 Å². The molecule has 0 aliphatic carbocycles. The highest BCUT2D eigenvalue weighted by molar-refractivity contribution is 6.03. The second-order valence-electron chi connectivity index (χ2n) is 5.52. The normalized spacial score (nSPS) is 11.2. The first-order valence-corrected chi connectivity index (χ1v) is 7.77. The van der Waals surface area contributed by atoms with Gasteiger partial charge in [0, 0.05) is 18.0 Å². The van der Waals surface area contributed by atoms with Gasteiger partial charge in [-0.15, -0.1) is 0 Å². The Bertz CT molecular complexity index is 1020. The quantitative estimate of drug-likeness (QED) is 0.626. The van der Waals surface area contributed by atoms with E-state index in [1.807, 2.05) is 0 Å². The summed E-state index contributed by atoms with van der Waals surface area (Å²) < 4.78 is 65.3. The van der Waals surface area contributed by atoms with Crippen molar-refractivity contribution in [3.05, 3.63) is 77.6 Å². The number of carbonyl (C=O) groups excluding carboxylic acids is 1. The van der Waals surface area contributed by atoms with E-state index in [0.29, 0.717) is 0 Å². The van der Waals surface area contributed by atoms with Crippen molar-refractivity contribution in [2.75, 3.05) is 10.6 Å². The van der Waals surface area contributed by atoms with Gasteiger partial charge in [0.2, 0.25) is 5.95 Å². The molecule has 0 atom stereocenters. The Kier molecular flexibility index (Phi) is 5.21. The van der Waals surface area contributed by atoms with Gasteiger partial charge in [0.15, 0.2) is 11.6 Å². The van der Waals surface area contributed by atoms with E-state index in [1.54, 1.807) is 0 Å². The highest BCUT2D eigenvalue weighted by Crippen LogP contribution is 2.35. The number of hydrogen-bond acceptors (Lipinski definition) is 4. The number of hydrogen-bond donors (Lipinski definition) is 2. The van der Waals surface area contributed by atoms with Gasteiger partial charge in [-0.2, -0.15) is 13.2 Å². The van der Waals surface area contributed by atoms with E-state index >= 15 is 0 Å². The van der Waals surface area contributed by atoms with Gasteiger partial charge in [-0.05, 0) is 30.3 Å². The number of nitrogens with one attached hydrogen (secondary N) is 2. The summed E-state index contributed by atoms with van der Waals surface area (Å²) in [6.45, 7) is 0. The maximum Gasteiger partial charge on any atom is 0.418 e. The largest absolute Gasteiger partial charge is 0.418 e. The van der Waals surface area contributed by atoms with Crippen molar-refractivity contribution >= 4 is 23.2 Å². The standard InChI is InChI=1S/C18H11F5N4O/c19-12-6-5-10(9-13(12)20)25-16(28)15-7-8-24-17(27-15)26-14-4-2-1-3-11(14)18(21,22)23/h1-9H,(H,25,28)(H,24,26,27). The zero-order valence-corrected chi connectivity index (χ0v) is 13.9. The molecule has 1 heterocycles. The van der Waals surface area contributed by atoms with E-state index in [4.69, 9.17) is 0 Å². The van der Waals surface area contributed by atoms with E-state index in [2.05, 4.69) is 20.6 Å². The summed E-state index contributed by atoms with van der Waals surface area (Å²) in [5.41, 5.74) is -1.41. The molecule has 28 heavy (non-hydrogen) atoms. The molecule has 0 saturated carbocycles. The van der Waals surface area contributed by atoms with Gasteiger partial charge >= 0.3 is 6.18 Å². The van der Waals surface area contributed by atoms with Gasteiger partial charge < -0.3 is 10.6 Å². The molecule has 3 aromatic rings. The molecule has 5 nitrogen and oxygen atoms in total. The number of alkyl halides is 3. The van der Waals surface area contributed by atoms with E-state index < -0.39 is 29.3 Å². The Morgan fingerprint density at radius 3 is 2.43 bits per heavy atom. The Labute approximate surface area is 155 Å². The molecule has 0 fully saturated rings.